The molecular weight excluding hydrogens is 272 g/mol. The molecule has 5 heteroatoms. The molecule has 0 amide bonds. The van der Waals surface area contributed by atoms with Gasteiger partial charge in [0.05, 0.1) is 5.75 Å². The highest BCUT2D eigenvalue weighted by Gasteiger charge is 2.40. The number of rotatable bonds is 7. The molecule has 1 aliphatic rings. The zero-order valence-electron chi connectivity index (χ0n) is 13.8. The highest BCUT2D eigenvalue weighted by Crippen LogP contribution is 2.28. The van der Waals surface area contributed by atoms with Gasteiger partial charge >= 0.3 is 0 Å². The van der Waals surface area contributed by atoms with Crippen molar-refractivity contribution in [2.24, 2.45) is 0 Å². The molecule has 1 rings (SSSR count). The largest absolute Gasteiger partial charge is 0.308 e. The van der Waals surface area contributed by atoms with Crippen molar-refractivity contribution in [3.63, 3.8) is 0 Å². The van der Waals surface area contributed by atoms with Crippen LogP contribution in [0.2, 0.25) is 0 Å². The number of sulfone groups is 1. The van der Waals surface area contributed by atoms with Crippen LogP contribution in [-0.4, -0.2) is 55.5 Å². The summed E-state index contributed by atoms with van der Waals surface area (Å²) in [4.78, 5) is 2.39. The van der Waals surface area contributed by atoms with E-state index in [0.717, 1.165) is 25.9 Å². The highest BCUT2D eigenvalue weighted by atomic mass is 32.2. The van der Waals surface area contributed by atoms with E-state index < -0.39 is 9.84 Å². The molecule has 0 bridgehead atoms. The fourth-order valence-electron chi connectivity index (χ4n) is 2.78. The number of nitrogens with zero attached hydrogens (tertiary/aromatic N) is 1. The fourth-order valence-corrected chi connectivity index (χ4v) is 4.11. The predicted molar refractivity (Wildman–Crippen MR) is 85.9 cm³/mol. The molecule has 1 N–H and O–H groups in total. The topological polar surface area (TPSA) is 49.4 Å². The lowest BCUT2D eigenvalue weighted by atomic mass is 9.86. The van der Waals surface area contributed by atoms with Gasteiger partial charge in [-0.25, -0.2) is 8.42 Å². The zero-order valence-corrected chi connectivity index (χ0v) is 14.6. The second kappa shape index (κ2) is 6.75. The quantitative estimate of drug-likeness (QED) is 0.782. The van der Waals surface area contributed by atoms with Gasteiger partial charge in [-0.3, -0.25) is 4.90 Å². The molecule has 2 atom stereocenters. The Morgan fingerprint density at radius 3 is 2.25 bits per heavy atom. The van der Waals surface area contributed by atoms with Crippen molar-refractivity contribution >= 4 is 9.84 Å². The van der Waals surface area contributed by atoms with Gasteiger partial charge < -0.3 is 5.32 Å². The zero-order chi connectivity index (χ0) is 15.4. The van der Waals surface area contributed by atoms with Crippen molar-refractivity contribution < 1.29 is 8.42 Å². The molecule has 0 saturated carbocycles. The van der Waals surface area contributed by atoms with Gasteiger partial charge in [0, 0.05) is 36.5 Å². The van der Waals surface area contributed by atoms with Gasteiger partial charge in [0.15, 0.2) is 9.84 Å². The van der Waals surface area contributed by atoms with E-state index in [4.69, 9.17) is 0 Å². The molecule has 0 spiro atoms. The Labute approximate surface area is 125 Å². The van der Waals surface area contributed by atoms with Gasteiger partial charge in [0.25, 0.3) is 0 Å². The molecule has 4 nitrogen and oxygen atoms in total. The maximum atomic E-state index is 12.0. The molecule has 1 aliphatic heterocycles. The lowest BCUT2D eigenvalue weighted by Gasteiger charge is -2.52. The number of piperazine rings is 1. The summed E-state index contributed by atoms with van der Waals surface area (Å²) >= 11 is 0. The van der Waals surface area contributed by atoms with Gasteiger partial charge in [-0.05, 0) is 33.1 Å². The Kier molecular flexibility index (Phi) is 6.05. The first-order valence-electron chi connectivity index (χ1n) is 7.91. The van der Waals surface area contributed by atoms with E-state index >= 15 is 0 Å². The molecule has 0 radical (unpaired) electrons. The predicted octanol–water partition coefficient (Wildman–Crippen LogP) is 2.05. The first-order chi connectivity index (χ1) is 9.20. The summed E-state index contributed by atoms with van der Waals surface area (Å²) < 4.78 is 23.9. The summed E-state index contributed by atoms with van der Waals surface area (Å²) in [7, 11) is -2.90. The van der Waals surface area contributed by atoms with E-state index in [9.17, 15) is 8.42 Å². The Bertz CT molecular complexity index is 410. The van der Waals surface area contributed by atoms with E-state index in [0.29, 0.717) is 18.7 Å². The minimum atomic E-state index is -2.90. The molecule has 0 aromatic heterocycles. The van der Waals surface area contributed by atoms with E-state index in [1.54, 1.807) is 0 Å². The smallest absolute Gasteiger partial charge is 0.151 e. The fraction of sp³-hybridized carbons (Fsp3) is 1.00. The maximum Gasteiger partial charge on any atom is 0.151 e. The second-order valence-corrected chi connectivity index (χ2v) is 9.00. The van der Waals surface area contributed by atoms with Crippen LogP contribution in [0.25, 0.3) is 0 Å². The summed E-state index contributed by atoms with van der Waals surface area (Å²) in [6, 6.07) is 0. The number of nitrogens with one attached hydrogen (secondary N) is 1. The highest BCUT2D eigenvalue weighted by molar-refractivity contribution is 7.91. The van der Waals surface area contributed by atoms with Crippen molar-refractivity contribution in [2.45, 2.75) is 65.0 Å². The SMILES string of the molecule is CCCS(=O)(=O)CCN1CC(C)(CC)NCC1(C)CC. The summed E-state index contributed by atoms with van der Waals surface area (Å²) in [6.07, 6.45) is 2.81. The molecule has 20 heavy (non-hydrogen) atoms. The van der Waals surface area contributed by atoms with Gasteiger partial charge in [0.1, 0.15) is 0 Å². The second-order valence-electron chi connectivity index (χ2n) is 6.69. The van der Waals surface area contributed by atoms with Crippen molar-refractivity contribution in [3.8, 4) is 0 Å². The Hall–Kier alpha value is -0.130. The molecule has 0 aromatic carbocycles. The van der Waals surface area contributed by atoms with E-state index in [1.807, 2.05) is 6.92 Å². The number of hydrogen-bond acceptors (Lipinski definition) is 4. The van der Waals surface area contributed by atoms with Crippen LogP contribution in [0, 0.1) is 0 Å². The third-order valence-electron chi connectivity index (χ3n) is 4.93. The van der Waals surface area contributed by atoms with Crippen molar-refractivity contribution in [3.05, 3.63) is 0 Å². The summed E-state index contributed by atoms with van der Waals surface area (Å²) in [5, 5.41) is 3.65. The van der Waals surface area contributed by atoms with E-state index in [-0.39, 0.29) is 16.8 Å². The Balaban J connectivity index is 2.76. The minimum Gasteiger partial charge on any atom is -0.308 e. The minimum absolute atomic E-state index is 0.0659. The average molecular weight is 305 g/mol. The van der Waals surface area contributed by atoms with Crippen LogP contribution in [0.1, 0.15) is 53.9 Å². The van der Waals surface area contributed by atoms with Gasteiger partial charge in [-0.2, -0.15) is 0 Å². The van der Waals surface area contributed by atoms with Crippen LogP contribution in [0.5, 0.6) is 0 Å². The average Bonchev–Trinajstić information content (AvgIpc) is 2.40. The maximum absolute atomic E-state index is 12.0. The van der Waals surface area contributed by atoms with Gasteiger partial charge in [-0.1, -0.05) is 20.8 Å². The summed E-state index contributed by atoms with van der Waals surface area (Å²) in [5.74, 6) is 0.600. The van der Waals surface area contributed by atoms with Crippen LogP contribution in [0.4, 0.5) is 0 Å². The number of hydrogen-bond donors (Lipinski definition) is 1. The molecule has 0 aromatic rings. The monoisotopic (exact) mass is 304 g/mol. The standard InChI is InChI=1S/C15H32N2O2S/c1-6-10-20(18,19)11-9-17-13-14(4,7-2)16-12-15(17,5)8-3/h16H,6-13H2,1-5H3. The van der Waals surface area contributed by atoms with Crippen LogP contribution < -0.4 is 5.32 Å². The molecular formula is C15H32N2O2S. The Morgan fingerprint density at radius 1 is 1.10 bits per heavy atom. The Morgan fingerprint density at radius 2 is 1.75 bits per heavy atom. The van der Waals surface area contributed by atoms with E-state index in [2.05, 4.69) is 37.9 Å². The summed E-state index contributed by atoms with van der Waals surface area (Å²) in [6.45, 7) is 13.3. The normalized spacial score (nSPS) is 32.5. The lowest BCUT2D eigenvalue weighted by molar-refractivity contribution is 0.0221. The van der Waals surface area contributed by atoms with Crippen molar-refractivity contribution in [2.75, 3.05) is 31.1 Å². The summed E-state index contributed by atoms with van der Waals surface area (Å²) in [5.41, 5.74) is 0.166. The molecule has 0 aliphatic carbocycles. The third-order valence-corrected chi connectivity index (χ3v) is 6.76. The first-order valence-corrected chi connectivity index (χ1v) is 9.73. The lowest BCUT2D eigenvalue weighted by Crippen LogP contribution is -2.68. The van der Waals surface area contributed by atoms with Crippen molar-refractivity contribution in [1.29, 1.82) is 0 Å². The molecule has 1 saturated heterocycles. The molecule has 1 fully saturated rings. The third kappa shape index (κ3) is 4.43. The van der Waals surface area contributed by atoms with Crippen LogP contribution in [0.15, 0.2) is 0 Å². The molecule has 120 valence electrons. The van der Waals surface area contributed by atoms with Gasteiger partial charge in [0.2, 0.25) is 0 Å². The van der Waals surface area contributed by atoms with E-state index in [1.165, 1.54) is 0 Å². The van der Waals surface area contributed by atoms with Crippen LogP contribution >= 0.6 is 0 Å². The van der Waals surface area contributed by atoms with Crippen LogP contribution in [-0.2, 0) is 9.84 Å². The molecule has 1 heterocycles. The van der Waals surface area contributed by atoms with Gasteiger partial charge in [-0.15, -0.1) is 0 Å². The molecule has 2 unspecified atom stereocenters. The van der Waals surface area contributed by atoms with Crippen LogP contribution in [0.3, 0.4) is 0 Å². The van der Waals surface area contributed by atoms with Crippen molar-refractivity contribution in [1.82, 2.24) is 10.2 Å². The first kappa shape index (κ1) is 17.9.